The summed E-state index contributed by atoms with van der Waals surface area (Å²) >= 11 is 2.06. The Hall–Kier alpha value is -1.74. The average Bonchev–Trinajstić information content (AvgIpc) is 3.23. The highest BCUT2D eigenvalue weighted by atomic mass is 32.1. The molecule has 1 spiro atoms. The van der Waals surface area contributed by atoms with Gasteiger partial charge in [-0.05, 0) is 44.4 Å². The van der Waals surface area contributed by atoms with Gasteiger partial charge in [-0.3, -0.25) is 0 Å². The predicted octanol–water partition coefficient (Wildman–Crippen LogP) is 6.29. The van der Waals surface area contributed by atoms with E-state index in [4.69, 9.17) is 0 Å². The van der Waals surface area contributed by atoms with Crippen molar-refractivity contribution in [2.75, 3.05) is 4.90 Å². The minimum atomic E-state index is 0.211. The number of thiophene rings is 1. The summed E-state index contributed by atoms with van der Waals surface area (Å²) in [7, 11) is 2.20. The van der Waals surface area contributed by atoms with Crippen LogP contribution in [-0.2, 0) is 12.6 Å². The molecular formula is C22H26N2S. The monoisotopic (exact) mass is 350 g/mol. The number of anilines is 1. The lowest BCUT2D eigenvalue weighted by atomic mass is 9.80. The van der Waals surface area contributed by atoms with Crippen LogP contribution in [-0.4, -0.2) is 4.57 Å². The van der Waals surface area contributed by atoms with E-state index in [2.05, 4.69) is 78.2 Å². The first kappa shape index (κ1) is 15.5. The Kier molecular flexibility index (Phi) is 3.34. The fourth-order valence-corrected chi connectivity index (χ4v) is 6.97. The SMILES string of the molecule is Cc1ccccc1N1C(C)c2c(sc3ccn(C)c23)C12CCCCC2. The molecule has 0 saturated heterocycles. The van der Waals surface area contributed by atoms with Crippen molar-refractivity contribution in [3.63, 3.8) is 0 Å². The highest BCUT2D eigenvalue weighted by molar-refractivity contribution is 7.19. The molecule has 25 heavy (non-hydrogen) atoms. The summed E-state index contributed by atoms with van der Waals surface area (Å²) in [6.45, 7) is 4.69. The molecule has 130 valence electrons. The Morgan fingerprint density at radius 2 is 1.84 bits per heavy atom. The van der Waals surface area contributed by atoms with Crippen LogP contribution in [0.5, 0.6) is 0 Å². The molecule has 3 aromatic rings. The van der Waals surface area contributed by atoms with E-state index >= 15 is 0 Å². The van der Waals surface area contributed by atoms with E-state index in [1.165, 1.54) is 53.6 Å². The van der Waals surface area contributed by atoms with Crippen LogP contribution in [0.2, 0.25) is 0 Å². The van der Waals surface area contributed by atoms with Gasteiger partial charge in [0.25, 0.3) is 0 Å². The highest BCUT2D eigenvalue weighted by Crippen LogP contribution is 2.59. The maximum atomic E-state index is 2.79. The Balaban J connectivity index is 1.79. The number of para-hydroxylation sites is 1. The zero-order valence-electron chi connectivity index (χ0n) is 15.4. The van der Waals surface area contributed by atoms with E-state index in [9.17, 15) is 0 Å². The van der Waals surface area contributed by atoms with Crippen molar-refractivity contribution in [2.45, 2.75) is 57.5 Å². The first-order chi connectivity index (χ1) is 12.1. The van der Waals surface area contributed by atoms with Gasteiger partial charge in [0.05, 0.1) is 21.8 Å². The number of aromatic nitrogens is 1. The van der Waals surface area contributed by atoms with Crippen molar-refractivity contribution in [1.29, 1.82) is 0 Å². The first-order valence-corrected chi connectivity index (χ1v) is 10.4. The standard InChI is InChI=1S/C22H26N2S/c1-15-9-5-6-10-17(15)24-16(2)19-20-18(11-14-23(20)3)25-21(19)22(24)12-7-4-8-13-22/h5-6,9-11,14,16H,4,7-8,12-13H2,1-3H3. The van der Waals surface area contributed by atoms with Gasteiger partial charge in [0, 0.05) is 29.4 Å². The maximum absolute atomic E-state index is 2.79. The molecule has 2 aliphatic rings. The molecule has 1 aromatic carbocycles. The summed E-state index contributed by atoms with van der Waals surface area (Å²) in [5, 5.41) is 0. The molecule has 0 bridgehead atoms. The predicted molar refractivity (Wildman–Crippen MR) is 108 cm³/mol. The summed E-state index contributed by atoms with van der Waals surface area (Å²) in [5.41, 5.74) is 6.11. The summed E-state index contributed by atoms with van der Waals surface area (Å²) in [6.07, 6.45) is 8.90. The molecule has 0 N–H and O–H groups in total. The molecule has 2 nitrogen and oxygen atoms in total. The third-order valence-electron chi connectivity index (χ3n) is 6.49. The van der Waals surface area contributed by atoms with Gasteiger partial charge in [0.2, 0.25) is 0 Å². The van der Waals surface area contributed by atoms with Crippen LogP contribution in [0.1, 0.15) is 61.1 Å². The number of rotatable bonds is 1. The van der Waals surface area contributed by atoms with Gasteiger partial charge < -0.3 is 9.47 Å². The molecule has 1 saturated carbocycles. The van der Waals surface area contributed by atoms with Gasteiger partial charge >= 0.3 is 0 Å². The fraction of sp³-hybridized carbons (Fsp3) is 0.455. The summed E-state index contributed by atoms with van der Waals surface area (Å²) in [4.78, 5) is 4.44. The fourth-order valence-electron chi connectivity index (χ4n) is 5.40. The molecule has 1 aliphatic heterocycles. The molecule has 0 radical (unpaired) electrons. The van der Waals surface area contributed by atoms with E-state index in [0.29, 0.717) is 6.04 Å². The zero-order chi connectivity index (χ0) is 17.2. The third-order valence-corrected chi connectivity index (χ3v) is 7.85. The van der Waals surface area contributed by atoms with Gasteiger partial charge in [0.1, 0.15) is 0 Å². The second-order valence-electron chi connectivity index (χ2n) is 7.91. The lowest BCUT2D eigenvalue weighted by Gasteiger charge is -2.45. The number of hydrogen-bond acceptors (Lipinski definition) is 2. The number of aryl methyl sites for hydroxylation is 2. The Morgan fingerprint density at radius 3 is 2.60 bits per heavy atom. The second kappa shape index (κ2) is 5.38. The van der Waals surface area contributed by atoms with Crippen LogP contribution < -0.4 is 4.90 Å². The normalized spacial score (nSPS) is 22.0. The van der Waals surface area contributed by atoms with Crippen LogP contribution in [0.15, 0.2) is 36.5 Å². The van der Waals surface area contributed by atoms with Crippen LogP contribution in [0.3, 0.4) is 0 Å². The largest absolute Gasteiger partial charge is 0.354 e. The van der Waals surface area contributed by atoms with Crippen LogP contribution in [0.4, 0.5) is 5.69 Å². The zero-order valence-corrected chi connectivity index (χ0v) is 16.2. The lowest BCUT2D eigenvalue weighted by Crippen LogP contribution is -2.44. The van der Waals surface area contributed by atoms with Gasteiger partial charge in [-0.1, -0.05) is 37.5 Å². The van der Waals surface area contributed by atoms with E-state index < -0.39 is 0 Å². The molecule has 3 heterocycles. The van der Waals surface area contributed by atoms with Crippen molar-refractivity contribution >= 4 is 27.2 Å². The maximum Gasteiger partial charge on any atom is 0.0756 e. The molecule has 1 fully saturated rings. The van der Waals surface area contributed by atoms with Crippen molar-refractivity contribution in [3.05, 3.63) is 52.5 Å². The van der Waals surface area contributed by atoms with Crippen LogP contribution in [0.25, 0.3) is 10.2 Å². The average molecular weight is 351 g/mol. The molecule has 1 atom stereocenters. The number of hydrogen-bond donors (Lipinski definition) is 0. The highest BCUT2D eigenvalue weighted by Gasteiger charge is 2.51. The topological polar surface area (TPSA) is 8.17 Å². The van der Waals surface area contributed by atoms with Crippen molar-refractivity contribution < 1.29 is 0 Å². The van der Waals surface area contributed by atoms with Crippen LogP contribution in [0, 0.1) is 6.92 Å². The van der Waals surface area contributed by atoms with E-state index in [-0.39, 0.29) is 5.54 Å². The molecular weight excluding hydrogens is 324 g/mol. The van der Waals surface area contributed by atoms with E-state index in [1.54, 1.807) is 10.4 Å². The van der Waals surface area contributed by atoms with Gasteiger partial charge in [-0.15, -0.1) is 11.3 Å². The van der Waals surface area contributed by atoms with E-state index in [1.807, 2.05) is 0 Å². The third kappa shape index (κ3) is 1.96. The Bertz CT molecular complexity index is 942. The molecule has 0 amide bonds. The summed E-state index contributed by atoms with van der Waals surface area (Å²) < 4.78 is 3.80. The molecule has 1 aliphatic carbocycles. The quantitative estimate of drug-likeness (QED) is 0.501. The molecule has 2 aromatic heterocycles. The molecule has 3 heteroatoms. The van der Waals surface area contributed by atoms with E-state index in [0.717, 1.165) is 0 Å². The molecule has 1 unspecified atom stereocenters. The van der Waals surface area contributed by atoms with Gasteiger partial charge in [-0.2, -0.15) is 0 Å². The van der Waals surface area contributed by atoms with Crippen molar-refractivity contribution in [3.8, 4) is 0 Å². The summed E-state index contributed by atoms with van der Waals surface area (Å²) in [5.74, 6) is 0. The Morgan fingerprint density at radius 1 is 1.08 bits per heavy atom. The molecule has 5 rings (SSSR count). The number of nitrogens with zero attached hydrogens (tertiary/aromatic N) is 2. The minimum absolute atomic E-state index is 0.211. The minimum Gasteiger partial charge on any atom is -0.354 e. The Labute approximate surface area is 154 Å². The van der Waals surface area contributed by atoms with Gasteiger partial charge in [0.15, 0.2) is 0 Å². The first-order valence-electron chi connectivity index (χ1n) is 9.57. The second-order valence-corrected chi connectivity index (χ2v) is 8.96. The smallest absolute Gasteiger partial charge is 0.0756 e. The van der Waals surface area contributed by atoms with Crippen molar-refractivity contribution in [1.82, 2.24) is 4.57 Å². The number of fused-ring (bicyclic) bond motifs is 4. The summed E-state index contributed by atoms with van der Waals surface area (Å²) in [6, 6.07) is 11.7. The van der Waals surface area contributed by atoms with Crippen LogP contribution >= 0.6 is 11.3 Å². The lowest BCUT2D eigenvalue weighted by molar-refractivity contribution is 0.288. The van der Waals surface area contributed by atoms with Crippen molar-refractivity contribution in [2.24, 2.45) is 7.05 Å². The van der Waals surface area contributed by atoms with Gasteiger partial charge in [-0.25, -0.2) is 0 Å². The number of benzene rings is 1.